The average Bonchev–Trinajstić information content (AvgIpc) is 3.61. The monoisotopic (exact) mass is 592 g/mol. The van der Waals surface area contributed by atoms with Crippen molar-refractivity contribution in [3.8, 4) is 0 Å². The van der Waals surface area contributed by atoms with E-state index >= 15 is 0 Å². The van der Waals surface area contributed by atoms with Crippen LogP contribution in [-0.4, -0.2) is 80.1 Å². The second-order valence-corrected chi connectivity index (χ2v) is 10.8. The summed E-state index contributed by atoms with van der Waals surface area (Å²) in [6.07, 6.45) is 8.10. The van der Waals surface area contributed by atoms with E-state index in [0.717, 1.165) is 49.1 Å². The minimum absolute atomic E-state index is 0.542. The number of carbonyl (C=O) groups is 3. The highest BCUT2D eigenvalue weighted by Gasteiger charge is 2.40. The number of aliphatic hydroxyl groups is 1. The third-order valence-electron chi connectivity index (χ3n) is 5.80. The molecule has 0 fully saturated rings. The normalized spacial score (nSPS) is 11.4. The lowest BCUT2D eigenvalue weighted by Gasteiger charge is -2.22. The predicted molar refractivity (Wildman–Crippen MR) is 146 cm³/mol. The van der Waals surface area contributed by atoms with Crippen LogP contribution in [0.4, 0.5) is 0 Å². The predicted octanol–water partition coefficient (Wildman–Crippen LogP) is 3.02. The van der Waals surface area contributed by atoms with E-state index < -0.39 is 36.4 Å². The van der Waals surface area contributed by atoms with Crippen LogP contribution < -0.4 is 0 Å². The summed E-state index contributed by atoms with van der Waals surface area (Å²) in [5.74, 6) is -5.02. The maximum Gasteiger partial charge on any atom is 0.336 e. The molecule has 0 aliphatic heterocycles. The number of rotatable bonds is 13. The van der Waals surface area contributed by atoms with Gasteiger partial charge >= 0.3 is 17.9 Å². The number of carboxylic acid groups (broad SMARTS) is 3. The number of hydrogen-bond acceptors (Lipinski definition) is 9. The number of aryl methyl sites for hydroxylation is 2. The summed E-state index contributed by atoms with van der Waals surface area (Å²) in [5, 5.41) is 42.5. The van der Waals surface area contributed by atoms with E-state index in [2.05, 4.69) is 48.7 Å². The van der Waals surface area contributed by atoms with Crippen molar-refractivity contribution >= 4 is 51.7 Å². The molecule has 4 aromatic heterocycles. The SMILES string of the molecule is Cc1ccc(CN(CCCn2ccnc2)Cc2cncc3c(Cl)[nH]nc23)s1.O=C(O)CC(O)(CC(=O)O)C(=O)O. The number of aliphatic carboxylic acids is 3. The Bertz CT molecular complexity index is 1420. The zero-order valence-corrected chi connectivity index (χ0v) is 23.1. The number of fused-ring (bicyclic) bond motifs is 1. The van der Waals surface area contributed by atoms with Gasteiger partial charge in [-0.2, -0.15) is 5.10 Å². The summed E-state index contributed by atoms with van der Waals surface area (Å²) in [4.78, 5) is 44.1. The van der Waals surface area contributed by atoms with Gasteiger partial charge in [0.15, 0.2) is 5.60 Å². The number of pyridine rings is 1. The van der Waals surface area contributed by atoms with Crippen LogP contribution in [0.2, 0.25) is 5.15 Å². The Hall–Kier alpha value is -3.85. The zero-order chi connectivity index (χ0) is 29.3. The van der Waals surface area contributed by atoms with Gasteiger partial charge < -0.3 is 25.0 Å². The van der Waals surface area contributed by atoms with Crippen molar-refractivity contribution in [1.82, 2.24) is 29.6 Å². The fraction of sp³-hybridized carbons (Fsp3) is 0.360. The molecule has 4 rings (SSSR count). The Kier molecular flexibility index (Phi) is 10.7. The number of aromatic nitrogens is 5. The highest BCUT2D eigenvalue weighted by molar-refractivity contribution is 7.11. The van der Waals surface area contributed by atoms with Crippen LogP contribution in [0.3, 0.4) is 0 Å². The molecule has 0 saturated heterocycles. The van der Waals surface area contributed by atoms with Crippen molar-refractivity contribution in [3.05, 3.63) is 63.7 Å². The molecule has 4 aromatic rings. The molecule has 214 valence electrons. The van der Waals surface area contributed by atoms with Crippen LogP contribution in [0, 0.1) is 6.92 Å². The molecule has 0 unspecified atom stereocenters. The van der Waals surface area contributed by atoms with Gasteiger partial charge in [-0.1, -0.05) is 11.6 Å². The minimum atomic E-state index is -2.74. The lowest BCUT2D eigenvalue weighted by molar-refractivity contribution is -0.170. The Balaban J connectivity index is 0.000000289. The van der Waals surface area contributed by atoms with Crippen molar-refractivity contribution in [2.45, 2.75) is 51.4 Å². The standard InChI is InChI=1S/C19H21ClN6S.C6H8O7/c1-14-3-4-16(27-14)12-26(7-2-6-25-8-5-21-13-25)11-15-9-22-10-17-18(15)23-24-19(17)20;7-3(8)1-6(13,5(11)12)2-4(9)10/h3-5,8-10,13H,2,6-7,11-12H2,1H3,(H,23,24);13H,1-2H2,(H,7,8)(H,9,10)(H,11,12). The molecule has 0 aliphatic carbocycles. The van der Waals surface area contributed by atoms with Gasteiger partial charge in [-0.05, 0) is 25.5 Å². The Morgan fingerprint density at radius 3 is 2.40 bits per heavy atom. The van der Waals surface area contributed by atoms with Gasteiger partial charge in [0.1, 0.15) is 10.7 Å². The van der Waals surface area contributed by atoms with Gasteiger partial charge in [-0.25, -0.2) is 9.78 Å². The first-order chi connectivity index (χ1) is 19.0. The molecular weight excluding hydrogens is 564 g/mol. The molecule has 5 N–H and O–H groups in total. The number of nitrogens with zero attached hydrogens (tertiary/aromatic N) is 5. The van der Waals surface area contributed by atoms with Crippen LogP contribution in [0.15, 0.2) is 43.2 Å². The Morgan fingerprint density at radius 2 is 1.82 bits per heavy atom. The number of nitrogens with one attached hydrogen (secondary N) is 1. The molecular formula is C25H29ClN6O7S. The summed E-state index contributed by atoms with van der Waals surface area (Å²) in [5.41, 5.74) is -0.749. The van der Waals surface area contributed by atoms with Crippen LogP contribution in [0.1, 0.15) is 34.6 Å². The van der Waals surface area contributed by atoms with E-state index in [1.807, 2.05) is 36.3 Å². The van der Waals surface area contributed by atoms with Crippen molar-refractivity contribution in [2.24, 2.45) is 0 Å². The highest BCUT2D eigenvalue weighted by atomic mass is 35.5. The summed E-state index contributed by atoms with van der Waals surface area (Å²) < 4.78 is 2.11. The summed E-state index contributed by atoms with van der Waals surface area (Å²) in [6.45, 7) is 5.78. The molecule has 0 aliphatic rings. The zero-order valence-electron chi connectivity index (χ0n) is 21.5. The maximum atomic E-state index is 10.3. The summed E-state index contributed by atoms with van der Waals surface area (Å²) in [7, 11) is 0. The third-order valence-corrected chi connectivity index (χ3v) is 7.07. The number of imidazole rings is 1. The van der Waals surface area contributed by atoms with Crippen molar-refractivity contribution in [3.63, 3.8) is 0 Å². The first kappa shape index (κ1) is 30.7. The molecule has 0 aromatic carbocycles. The van der Waals surface area contributed by atoms with E-state index in [-0.39, 0.29) is 0 Å². The van der Waals surface area contributed by atoms with E-state index in [1.165, 1.54) is 9.75 Å². The van der Waals surface area contributed by atoms with Gasteiger partial charge in [-0.3, -0.25) is 24.6 Å². The fourth-order valence-electron chi connectivity index (χ4n) is 3.93. The van der Waals surface area contributed by atoms with Crippen molar-refractivity contribution in [2.75, 3.05) is 6.54 Å². The van der Waals surface area contributed by atoms with Gasteiger partial charge in [0.05, 0.1) is 24.6 Å². The molecule has 0 bridgehead atoms. The molecule has 0 atom stereocenters. The van der Waals surface area contributed by atoms with E-state index in [9.17, 15) is 14.4 Å². The maximum absolute atomic E-state index is 10.3. The van der Waals surface area contributed by atoms with Gasteiger partial charge in [0, 0.05) is 66.3 Å². The van der Waals surface area contributed by atoms with Crippen molar-refractivity contribution < 1.29 is 34.8 Å². The lowest BCUT2D eigenvalue weighted by atomic mass is 9.96. The number of thiophene rings is 1. The van der Waals surface area contributed by atoms with E-state index in [1.54, 1.807) is 6.20 Å². The molecule has 0 spiro atoms. The highest BCUT2D eigenvalue weighted by Crippen LogP contribution is 2.24. The first-order valence-corrected chi connectivity index (χ1v) is 13.3. The number of halogens is 1. The molecule has 40 heavy (non-hydrogen) atoms. The second kappa shape index (κ2) is 14.0. The molecule has 0 radical (unpaired) electrons. The van der Waals surface area contributed by atoms with E-state index in [0.29, 0.717) is 5.15 Å². The smallest absolute Gasteiger partial charge is 0.336 e. The third kappa shape index (κ3) is 8.84. The summed E-state index contributed by atoms with van der Waals surface area (Å²) >= 11 is 8.03. The number of hydrogen-bond donors (Lipinski definition) is 5. The second-order valence-electron chi connectivity index (χ2n) is 9.09. The fourth-order valence-corrected chi connectivity index (χ4v) is 5.04. The number of carboxylic acids is 3. The largest absolute Gasteiger partial charge is 0.481 e. The molecule has 15 heteroatoms. The molecule has 0 saturated carbocycles. The average molecular weight is 593 g/mol. The molecule has 13 nitrogen and oxygen atoms in total. The van der Waals surface area contributed by atoms with Crippen LogP contribution in [0.25, 0.3) is 10.9 Å². The quantitative estimate of drug-likeness (QED) is 0.153. The number of aromatic amines is 1. The summed E-state index contributed by atoms with van der Waals surface area (Å²) in [6, 6.07) is 4.40. The van der Waals surface area contributed by atoms with Gasteiger partial charge in [0.25, 0.3) is 0 Å². The van der Waals surface area contributed by atoms with Crippen molar-refractivity contribution in [1.29, 1.82) is 0 Å². The topological polar surface area (TPSA) is 195 Å². The van der Waals surface area contributed by atoms with Gasteiger partial charge in [0.2, 0.25) is 0 Å². The Labute approximate surface area is 237 Å². The van der Waals surface area contributed by atoms with Crippen LogP contribution in [0.5, 0.6) is 0 Å². The first-order valence-electron chi connectivity index (χ1n) is 12.1. The minimum Gasteiger partial charge on any atom is -0.481 e. The Morgan fingerprint density at radius 1 is 1.10 bits per heavy atom. The van der Waals surface area contributed by atoms with E-state index in [4.69, 9.17) is 32.0 Å². The molecule has 4 heterocycles. The van der Waals surface area contributed by atoms with Crippen LogP contribution in [-0.2, 0) is 34.0 Å². The van der Waals surface area contributed by atoms with Gasteiger partial charge in [-0.15, -0.1) is 11.3 Å². The number of H-pyrrole nitrogens is 1. The molecule has 0 amide bonds. The van der Waals surface area contributed by atoms with Crippen LogP contribution >= 0.6 is 22.9 Å². The lowest BCUT2D eigenvalue weighted by Crippen LogP contribution is -2.42.